The normalized spacial score (nSPS) is 9.36. The van der Waals surface area contributed by atoms with Crippen molar-refractivity contribution in [3.8, 4) is 0 Å². The molecule has 1 aromatic heterocycles. The zero-order valence-corrected chi connectivity index (χ0v) is 8.30. The Morgan fingerprint density at radius 3 is 2.57 bits per heavy atom. The van der Waals surface area contributed by atoms with Gasteiger partial charge in [-0.15, -0.1) is 0 Å². The molecule has 1 N–H and O–H groups in total. The molecule has 0 atom stereocenters. The fourth-order valence-electron chi connectivity index (χ4n) is 1.18. The standard InChI is InChI=1S/C10H11NO3/c1-6-4-11-8(3)9(6)10(13)14-7(2)5-12/h4,11H,1-3H3. The van der Waals surface area contributed by atoms with Crippen LogP contribution in [0.2, 0.25) is 0 Å². The lowest BCUT2D eigenvalue weighted by molar-refractivity contribution is 0.0628. The Labute approximate surface area is 81.6 Å². The lowest BCUT2D eigenvalue weighted by Gasteiger charge is -2.01. The molecule has 4 nitrogen and oxygen atoms in total. The van der Waals surface area contributed by atoms with Crippen LogP contribution in [0, 0.1) is 13.8 Å². The van der Waals surface area contributed by atoms with Gasteiger partial charge >= 0.3 is 5.97 Å². The summed E-state index contributed by atoms with van der Waals surface area (Å²) in [5.74, 6) is 0.924. The van der Waals surface area contributed by atoms with E-state index in [9.17, 15) is 9.59 Å². The number of carbonyl (C=O) groups excluding carboxylic acids is 2. The van der Waals surface area contributed by atoms with Crippen molar-refractivity contribution in [3.05, 3.63) is 28.8 Å². The second-order valence-corrected chi connectivity index (χ2v) is 3.02. The molecule has 4 heteroatoms. The molecule has 0 aliphatic rings. The Hall–Kier alpha value is -1.80. The molecule has 0 aliphatic heterocycles. The number of hydrogen-bond donors (Lipinski definition) is 1. The van der Waals surface area contributed by atoms with Crippen LogP contribution in [0.25, 0.3) is 0 Å². The Kier molecular flexibility index (Phi) is 2.89. The van der Waals surface area contributed by atoms with E-state index in [2.05, 4.69) is 4.98 Å². The number of rotatable bonds is 2. The molecule has 0 fully saturated rings. The highest BCUT2D eigenvalue weighted by atomic mass is 16.5. The molecule has 14 heavy (non-hydrogen) atoms. The van der Waals surface area contributed by atoms with Gasteiger partial charge in [-0.1, -0.05) is 0 Å². The first kappa shape index (κ1) is 10.3. The van der Waals surface area contributed by atoms with Gasteiger partial charge in [-0.2, -0.15) is 0 Å². The number of H-pyrrole nitrogens is 1. The zero-order valence-electron chi connectivity index (χ0n) is 8.30. The highest BCUT2D eigenvalue weighted by Crippen LogP contribution is 2.14. The van der Waals surface area contributed by atoms with Crippen molar-refractivity contribution < 1.29 is 14.3 Å². The second kappa shape index (κ2) is 3.94. The Bertz CT molecular complexity index is 392. The van der Waals surface area contributed by atoms with Crippen LogP contribution in [0.4, 0.5) is 0 Å². The third-order valence-electron chi connectivity index (χ3n) is 1.87. The van der Waals surface area contributed by atoms with Crippen LogP contribution in [0.5, 0.6) is 0 Å². The summed E-state index contributed by atoms with van der Waals surface area (Å²) in [6.45, 7) is 4.95. The van der Waals surface area contributed by atoms with Crippen LogP contribution < -0.4 is 0 Å². The minimum Gasteiger partial charge on any atom is -0.416 e. The van der Waals surface area contributed by atoms with Crippen molar-refractivity contribution in [1.29, 1.82) is 0 Å². The first-order valence-corrected chi connectivity index (χ1v) is 4.14. The van der Waals surface area contributed by atoms with Crippen molar-refractivity contribution >= 4 is 11.9 Å². The van der Waals surface area contributed by atoms with Gasteiger partial charge in [0.1, 0.15) is 0 Å². The van der Waals surface area contributed by atoms with Gasteiger partial charge in [-0.25, -0.2) is 9.59 Å². The van der Waals surface area contributed by atoms with E-state index < -0.39 is 5.97 Å². The third-order valence-corrected chi connectivity index (χ3v) is 1.87. The Balaban J connectivity index is 2.95. The summed E-state index contributed by atoms with van der Waals surface area (Å²) in [7, 11) is 0. The molecule has 0 aromatic carbocycles. The summed E-state index contributed by atoms with van der Waals surface area (Å²) < 4.78 is 4.74. The van der Waals surface area contributed by atoms with Crippen molar-refractivity contribution in [2.24, 2.45) is 0 Å². The molecule has 0 aliphatic carbocycles. The smallest absolute Gasteiger partial charge is 0.346 e. The molecule has 1 rings (SSSR count). The molecule has 0 radical (unpaired) electrons. The minimum atomic E-state index is -0.526. The van der Waals surface area contributed by atoms with Gasteiger partial charge in [0, 0.05) is 18.8 Å². The van der Waals surface area contributed by atoms with Gasteiger partial charge in [0.25, 0.3) is 0 Å². The van der Waals surface area contributed by atoms with E-state index in [1.165, 1.54) is 12.9 Å². The van der Waals surface area contributed by atoms with Gasteiger partial charge in [0.05, 0.1) is 5.56 Å². The number of esters is 1. The molecular weight excluding hydrogens is 182 g/mol. The quantitative estimate of drug-likeness (QED) is 0.440. The van der Waals surface area contributed by atoms with E-state index in [1.807, 2.05) is 0 Å². The first-order chi connectivity index (χ1) is 6.56. The number of nitrogens with one attached hydrogen (secondary N) is 1. The summed E-state index contributed by atoms with van der Waals surface area (Å²) in [6.07, 6.45) is 1.71. The highest BCUT2D eigenvalue weighted by Gasteiger charge is 2.15. The molecular formula is C10H11NO3. The molecule has 1 aromatic rings. The molecule has 0 bridgehead atoms. The summed E-state index contributed by atoms with van der Waals surface area (Å²) >= 11 is 0. The maximum atomic E-state index is 11.5. The van der Waals surface area contributed by atoms with Crippen molar-refractivity contribution in [2.45, 2.75) is 20.8 Å². The number of ether oxygens (including phenoxy) is 1. The van der Waals surface area contributed by atoms with Crippen LogP contribution in [0.15, 0.2) is 12.0 Å². The maximum Gasteiger partial charge on any atom is 0.346 e. The fraction of sp³-hybridized carbons (Fsp3) is 0.300. The van der Waals surface area contributed by atoms with E-state index in [1.54, 1.807) is 20.0 Å². The topological polar surface area (TPSA) is 59.2 Å². The fourth-order valence-corrected chi connectivity index (χ4v) is 1.18. The van der Waals surface area contributed by atoms with Gasteiger partial charge in [-0.05, 0) is 19.4 Å². The van der Waals surface area contributed by atoms with Gasteiger partial charge in [0.15, 0.2) is 11.7 Å². The van der Waals surface area contributed by atoms with Crippen LogP contribution in [0.3, 0.4) is 0 Å². The molecule has 0 saturated carbocycles. The van der Waals surface area contributed by atoms with Crippen molar-refractivity contribution in [2.75, 3.05) is 0 Å². The molecule has 0 saturated heterocycles. The highest BCUT2D eigenvalue weighted by molar-refractivity contribution is 5.93. The average molecular weight is 193 g/mol. The predicted molar refractivity (Wildman–Crippen MR) is 50.6 cm³/mol. The SMILES string of the molecule is CC(=C=O)OC(=O)c1c(C)c[nH]c1C. The van der Waals surface area contributed by atoms with E-state index in [4.69, 9.17) is 4.74 Å². The second-order valence-electron chi connectivity index (χ2n) is 3.02. The first-order valence-electron chi connectivity index (χ1n) is 4.14. The van der Waals surface area contributed by atoms with Crippen LogP contribution >= 0.6 is 0 Å². The van der Waals surface area contributed by atoms with E-state index in [0.717, 1.165) is 11.3 Å². The number of hydrogen-bond acceptors (Lipinski definition) is 3. The third kappa shape index (κ3) is 1.92. The average Bonchev–Trinajstić information content (AvgIpc) is 2.46. The van der Waals surface area contributed by atoms with Gasteiger partial charge < -0.3 is 9.72 Å². The largest absolute Gasteiger partial charge is 0.416 e. The number of aromatic amines is 1. The monoisotopic (exact) mass is 193 g/mol. The van der Waals surface area contributed by atoms with Gasteiger partial charge in [-0.3, -0.25) is 0 Å². The molecule has 1 heterocycles. The molecule has 0 spiro atoms. The van der Waals surface area contributed by atoms with Crippen molar-refractivity contribution in [3.63, 3.8) is 0 Å². The molecule has 0 amide bonds. The number of aryl methyl sites for hydroxylation is 2. The van der Waals surface area contributed by atoms with E-state index >= 15 is 0 Å². The van der Waals surface area contributed by atoms with Gasteiger partial charge in [0.2, 0.25) is 0 Å². The van der Waals surface area contributed by atoms with Crippen molar-refractivity contribution in [1.82, 2.24) is 4.98 Å². The van der Waals surface area contributed by atoms with Crippen LogP contribution in [-0.2, 0) is 9.53 Å². The summed E-state index contributed by atoms with van der Waals surface area (Å²) in [4.78, 5) is 24.5. The minimum absolute atomic E-state index is 0.0602. The summed E-state index contributed by atoms with van der Waals surface area (Å²) in [5.41, 5.74) is 2.00. The zero-order chi connectivity index (χ0) is 10.7. The predicted octanol–water partition coefficient (Wildman–Crippen LogP) is 1.52. The molecule has 0 unspecified atom stereocenters. The summed E-state index contributed by atoms with van der Waals surface area (Å²) in [6, 6.07) is 0. The molecule has 74 valence electrons. The van der Waals surface area contributed by atoms with E-state index in [-0.39, 0.29) is 5.76 Å². The number of carbonyl (C=O) groups is 1. The number of aromatic nitrogens is 1. The lowest BCUT2D eigenvalue weighted by atomic mass is 10.2. The number of allylic oxidation sites excluding steroid dienone is 1. The van der Waals surface area contributed by atoms with Crippen LogP contribution in [-0.4, -0.2) is 16.9 Å². The Morgan fingerprint density at radius 1 is 1.50 bits per heavy atom. The van der Waals surface area contributed by atoms with Crippen LogP contribution in [0.1, 0.15) is 28.5 Å². The maximum absolute atomic E-state index is 11.5. The lowest BCUT2D eigenvalue weighted by Crippen LogP contribution is -2.06. The van der Waals surface area contributed by atoms with E-state index in [0.29, 0.717) is 5.56 Å². The Morgan fingerprint density at radius 2 is 2.14 bits per heavy atom. The summed E-state index contributed by atoms with van der Waals surface area (Å²) in [5, 5.41) is 0.